The molecule has 0 bridgehead atoms. The number of fused-ring (bicyclic) bond motifs is 3. The highest BCUT2D eigenvalue weighted by atomic mass is 16.3. The normalized spacial score (nSPS) is 14.6. The first kappa shape index (κ1) is 20.2. The zero-order valence-corrected chi connectivity index (χ0v) is 19.2. The first-order chi connectivity index (χ1) is 16.2. The third-order valence-electron chi connectivity index (χ3n) is 7.09. The van der Waals surface area contributed by atoms with Crippen molar-refractivity contribution >= 4 is 22.1 Å². The summed E-state index contributed by atoms with van der Waals surface area (Å²) in [6, 6.07) is 23.8. The lowest BCUT2D eigenvalue weighted by atomic mass is 9.93. The van der Waals surface area contributed by atoms with E-state index in [1.807, 2.05) is 12.3 Å². The van der Waals surface area contributed by atoms with Crippen LogP contribution in [0.15, 0.2) is 77.3 Å². The zero-order valence-electron chi connectivity index (χ0n) is 19.2. The van der Waals surface area contributed by atoms with Gasteiger partial charge >= 0.3 is 0 Å². The topological polar surface area (TPSA) is 38.9 Å². The molecular weight excluding hydrogens is 404 g/mol. The number of hydrogen-bond donors (Lipinski definition) is 0. The predicted octanol–water partition coefficient (Wildman–Crippen LogP) is 8.49. The van der Waals surface area contributed by atoms with E-state index >= 15 is 0 Å². The average Bonchev–Trinajstić information content (AvgIpc) is 3.52. The zero-order chi connectivity index (χ0) is 22.4. The summed E-state index contributed by atoms with van der Waals surface area (Å²) in [5.74, 6) is 1.08. The molecule has 0 spiro atoms. The fourth-order valence-electron chi connectivity index (χ4n) is 5.25. The van der Waals surface area contributed by atoms with Crippen molar-refractivity contribution in [1.29, 1.82) is 0 Å². The Bertz CT molecular complexity index is 1440. The van der Waals surface area contributed by atoms with Gasteiger partial charge in [-0.2, -0.15) is 0 Å². The number of pyridine rings is 2. The minimum Gasteiger partial charge on any atom is -0.437 e. The largest absolute Gasteiger partial charge is 0.437 e. The van der Waals surface area contributed by atoms with Crippen molar-refractivity contribution in [2.24, 2.45) is 0 Å². The molecule has 0 aliphatic heterocycles. The molecule has 3 aromatic heterocycles. The van der Waals surface area contributed by atoms with Crippen LogP contribution in [0.5, 0.6) is 0 Å². The van der Waals surface area contributed by atoms with Crippen molar-refractivity contribution in [3.63, 3.8) is 0 Å². The summed E-state index contributed by atoms with van der Waals surface area (Å²) in [6.45, 7) is 4.31. The van der Waals surface area contributed by atoms with E-state index in [1.165, 1.54) is 36.8 Å². The number of hydrogen-bond acceptors (Lipinski definition) is 3. The molecule has 0 N–H and O–H groups in total. The molecule has 6 rings (SSSR count). The van der Waals surface area contributed by atoms with E-state index in [4.69, 9.17) is 14.4 Å². The van der Waals surface area contributed by atoms with E-state index < -0.39 is 0 Å². The highest BCUT2D eigenvalue weighted by Gasteiger charge is 2.19. The fraction of sp³-hybridized carbons (Fsp3) is 0.267. The van der Waals surface area contributed by atoms with Crippen LogP contribution in [-0.2, 0) is 0 Å². The van der Waals surface area contributed by atoms with Crippen molar-refractivity contribution in [1.82, 2.24) is 9.97 Å². The van der Waals surface area contributed by atoms with Crippen molar-refractivity contribution in [2.75, 3.05) is 0 Å². The van der Waals surface area contributed by atoms with Gasteiger partial charge in [-0.3, -0.25) is 4.98 Å². The molecule has 3 nitrogen and oxygen atoms in total. The van der Waals surface area contributed by atoms with Crippen LogP contribution in [0, 0.1) is 0 Å². The van der Waals surface area contributed by atoms with Gasteiger partial charge in [0, 0.05) is 33.8 Å². The van der Waals surface area contributed by atoms with Crippen LogP contribution in [0.2, 0.25) is 0 Å². The molecule has 1 aliphatic carbocycles. The van der Waals surface area contributed by atoms with E-state index in [0.29, 0.717) is 11.6 Å². The van der Waals surface area contributed by atoms with Crippen molar-refractivity contribution < 1.29 is 4.42 Å². The van der Waals surface area contributed by atoms with E-state index in [2.05, 4.69) is 74.5 Å². The number of rotatable bonds is 4. The van der Waals surface area contributed by atoms with Crippen molar-refractivity contribution in [3.8, 4) is 22.4 Å². The lowest BCUT2D eigenvalue weighted by Crippen LogP contribution is -1.93. The number of nitrogens with zero attached hydrogens (tertiary/aromatic N) is 2. The summed E-state index contributed by atoms with van der Waals surface area (Å²) < 4.78 is 6.36. The van der Waals surface area contributed by atoms with Crippen LogP contribution >= 0.6 is 0 Å². The van der Waals surface area contributed by atoms with Gasteiger partial charge in [0.2, 0.25) is 5.71 Å². The number of para-hydroxylation sites is 1. The maximum Gasteiger partial charge on any atom is 0.227 e. The first-order valence-electron chi connectivity index (χ1n) is 12.1. The molecule has 164 valence electrons. The third-order valence-corrected chi connectivity index (χ3v) is 7.09. The molecule has 0 saturated heterocycles. The van der Waals surface area contributed by atoms with Gasteiger partial charge in [0.15, 0.2) is 0 Å². The first-order valence-corrected chi connectivity index (χ1v) is 12.1. The van der Waals surface area contributed by atoms with Gasteiger partial charge < -0.3 is 4.42 Å². The Morgan fingerprint density at radius 1 is 0.818 bits per heavy atom. The molecule has 33 heavy (non-hydrogen) atoms. The molecule has 0 radical (unpaired) electrons. The van der Waals surface area contributed by atoms with Crippen LogP contribution in [0.3, 0.4) is 0 Å². The van der Waals surface area contributed by atoms with E-state index in [1.54, 1.807) is 0 Å². The van der Waals surface area contributed by atoms with Crippen LogP contribution in [-0.4, -0.2) is 9.97 Å². The molecule has 1 fully saturated rings. The summed E-state index contributed by atoms with van der Waals surface area (Å²) in [5, 5.41) is 2.13. The van der Waals surface area contributed by atoms with Crippen LogP contribution in [0.1, 0.15) is 62.6 Å². The standard InChI is InChI=1S/C30H28N2O/c1-19(2)27-17-16-25-24-9-5-10-26(29(24)33-30(25)32-27)28-23(11-6-18-31-28)22-14-12-21(13-15-22)20-7-3-4-8-20/h5-6,9-20H,3-4,7-8H2,1-2H3. The molecule has 0 amide bonds. The lowest BCUT2D eigenvalue weighted by Gasteiger charge is -2.12. The summed E-state index contributed by atoms with van der Waals surface area (Å²) in [6.07, 6.45) is 7.21. The van der Waals surface area contributed by atoms with Gasteiger partial charge in [0.25, 0.3) is 0 Å². The molecule has 0 unspecified atom stereocenters. The van der Waals surface area contributed by atoms with Gasteiger partial charge in [-0.05, 0) is 60.1 Å². The Morgan fingerprint density at radius 2 is 1.61 bits per heavy atom. The highest BCUT2D eigenvalue weighted by Crippen LogP contribution is 2.39. The Balaban J connectivity index is 1.48. The molecule has 0 atom stereocenters. The summed E-state index contributed by atoms with van der Waals surface area (Å²) in [5.41, 5.74) is 8.32. The summed E-state index contributed by atoms with van der Waals surface area (Å²) in [7, 11) is 0. The molecule has 2 aromatic carbocycles. The highest BCUT2D eigenvalue weighted by molar-refractivity contribution is 6.09. The van der Waals surface area contributed by atoms with Crippen LogP contribution in [0.4, 0.5) is 0 Å². The average molecular weight is 433 g/mol. The van der Waals surface area contributed by atoms with Crippen LogP contribution in [0.25, 0.3) is 44.5 Å². The maximum atomic E-state index is 6.36. The number of benzene rings is 2. The van der Waals surface area contributed by atoms with Gasteiger partial charge in [-0.25, -0.2) is 4.98 Å². The second-order valence-corrected chi connectivity index (χ2v) is 9.53. The molecule has 1 saturated carbocycles. The van der Waals surface area contributed by atoms with Gasteiger partial charge in [0.05, 0.1) is 5.69 Å². The Kier molecular flexibility index (Phi) is 4.98. The monoisotopic (exact) mass is 432 g/mol. The number of furan rings is 1. The molecule has 5 aromatic rings. The lowest BCUT2D eigenvalue weighted by molar-refractivity contribution is 0.648. The van der Waals surface area contributed by atoms with E-state index in [-0.39, 0.29) is 0 Å². The quantitative estimate of drug-likeness (QED) is 0.286. The Labute approximate surface area is 194 Å². The Morgan fingerprint density at radius 3 is 2.39 bits per heavy atom. The SMILES string of the molecule is CC(C)c1ccc2c(n1)oc1c(-c3ncccc3-c3ccc(C4CCCC4)cc3)cccc12. The third kappa shape index (κ3) is 3.52. The Hall–Kier alpha value is -3.46. The second kappa shape index (κ2) is 8.15. The van der Waals surface area contributed by atoms with Gasteiger partial charge in [-0.15, -0.1) is 0 Å². The smallest absolute Gasteiger partial charge is 0.227 e. The van der Waals surface area contributed by atoms with Gasteiger partial charge in [0.1, 0.15) is 5.58 Å². The molecular formula is C30H28N2O. The summed E-state index contributed by atoms with van der Waals surface area (Å²) >= 11 is 0. The van der Waals surface area contributed by atoms with E-state index in [9.17, 15) is 0 Å². The van der Waals surface area contributed by atoms with Crippen molar-refractivity contribution in [2.45, 2.75) is 51.4 Å². The molecule has 1 aliphatic rings. The predicted molar refractivity (Wildman–Crippen MR) is 135 cm³/mol. The fourth-order valence-corrected chi connectivity index (χ4v) is 5.25. The molecule has 3 heterocycles. The summed E-state index contributed by atoms with van der Waals surface area (Å²) in [4.78, 5) is 9.60. The maximum absolute atomic E-state index is 6.36. The van der Waals surface area contributed by atoms with E-state index in [0.717, 1.165) is 44.8 Å². The van der Waals surface area contributed by atoms with Crippen molar-refractivity contribution in [3.05, 3.63) is 84.2 Å². The minimum atomic E-state index is 0.358. The van der Waals surface area contributed by atoms with Crippen LogP contribution < -0.4 is 0 Å². The number of aromatic nitrogens is 2. The minimum absolute atomic E-state index is 0.358. The second-order valence-electron chi connectivity index (χ2n) is 9.53. The molecule has 3 heteroatoms. The van der Waals surface area contributed by atoms with Gasteiger partial charge in [-0.1, -0.05) is 69.2 Å².